The second-order valence-electron chi connectivity index (χ2n) is 6.42. The van der Waals surface area contributed by atoms with Crippen LogP contribution in [0.4, 0.5) is 5.13 Å². The number of pyridine rings is 1. The number of nitrogens with one attached hydrogen (secondary N) is 1. The van der Waals surface area contributed by atoms with Gasteiger partial charge in [0.25, 0.3) is 0 Å². The van der Waals surface area contributed by atoms with Crippen LogP contribution in [-0.2, 0) is 11.2 Å². The van der Waals surface area contributed by atoms with Crippen LogP contribution in [0, 0.1) is 11.3 Å². The summed E-state index contributed by atoms with van der Waals surface area (Å²) in [5.41, 5.74) is 3.43. The summed E-state index contributed by atoms with van der Waals surface area (Å²) in [4.78, 5) is 21.3. The maximum absolute atomic E-state index is 12.3. The lowest BCUT2D eigenvalue weighted by atomic mass is 10.2. The van der Waals surface area contributed by atoms with Crippen LogP contribution in [0.3, 0.4) is 0 Å². The molecule has 1 amide bonds. The first-order valence-electron chi connectivity index (χ1n) is 9.53. The van der Waals surface area contributed by atoms with E-state index in [2.05, 4.69) is 28.3 Å². The molecule has 0 aliphatic carbocycles. The molecule has 0 unspecified atom stereocenters. The van der Waals surface area contributed by atoms with Gasteiger partial charge in [-0.25, -0.2) is 9.97 Å². The van der Waals surface area contributed by atoms with Gasteiger partial charge in [0.1, 0.15) is 11.1 Å². The van der Waals surface area contributed by atoms with Crippen molar-refractivity contribution in [3.63, 3.8) is 0 Å². The molecule has 7 heteroatoms. The summed E-state index contributed by atoms with van der Waals surface area (Å²) in [6.07, 6.45) is 3.41. The number of carbonyl (C=O) groups excluding carboxylic acids is 1. The number of benzene rings is 1. The summed E-state index contributed by atoms with van der Waals surface area (Å²) in [6.45, 7) is 2.14. The smallest absolute Gasteiger partial charge is 0.226 e. The van der Waals surface area contributed by atoms with Gasteiger partial charge in [0.05, 0.1) is 11.3 Å². The summed E-state index contributed by atoms with van der Waals surface area (Å²) < 4.78 is 0. The topological polar surface area (TPSA) is 78.7 Å². The van der Waals surface area contributed by atoms with E-state index in [4.69, 9.17) is 0 Å². The van der Waals surface area contributed by atoms with Gasteiger partial charge in [0.15, 0.2) is 5.13 Å². The molecule has 29 heavy (non-hydrogen) atoms. The molecule has 0 atom stereocenters. The first-order chi connectivity index (χ1) is 14.2. The van der Waals surface area contributed by atoms with Crippen LogP contribution in [0.15, 0.2) is 52.9 Å². The largest absolute Gasteiger partial charge is 0.302 e. The molecule has 0 saturated heterocycles. The van der Waals surface area contributed by atoms with Gasteiger partial charge in [0.2, 0.25) is 5.91 Å². The minimum absolute atomic E-state index is 0.0906. The predicted molar refractivity (Wildman–Crippen MR) is 119 cm³/mol. The van der Waals surface area contributed by atoms with E-state index in [9.17, 15) is 10.1 Å². The van der Waals surface area contributed by atoms with Crippen molar-refractivity contribution in [2.45, 2.75) is 37.6 Å². The highest BCUT2D eigenvalue weighted by molar-refractivity contribution is 7.99. The standard InChI is InChI=1S/C22H22N4OS2/c1-2-3-9-18-11-10-17(14-23)21(24-18)28-13-12-20(27)26-22-25-19(15-29-22)16-7-5-4-6-8-16/h4-8,10-11,15H,2-3,9,12-13H2,1H3,(H,25,26,27). The molecular weight excluding hydrogens is 400 g/mol. The second kappa shape index (κ2) is 10.7. The van der Waals surface area contributed by atoms with Gasteiger partial charge in [-0.1, -0.05) is 43.7 Å². The highest BCUT2D eigenvalue weighted by Crippen LogP contribution is 2.25. The molecular formula is C22H22N4OS2. The van der Waals surface area contributed by atoms with E-state index in [1.165, 1.54) is 23.1 Å². The van der Waals surface area contributed by atoms with E-state index < -0.39 is 0 Å². The number of anilines is 1. The SMILES string of the molecule is CCCCc1ccc(C#N)c(SCCC(=O)Nc2nc(-c3ccccc3)cs2)n1. The zero-order chi connectivity index (χ0) is 20.5. The normalized spacial score (nSPS) is 10.5. The second-order valence-corrected chi connectivity index (χ2v) is 8.36. The molecule has 0 fully saturated rings. The van der Waals surface area contributed by atoms with E-state index in [0.29, 0.717) is 27.9 Å². The van der Waals surface area contributed by atoms with Crippen LogP contribution < -0.4 is 5.32 Å². The minimum Gasteiger partial charge on any atom is -0.302 e. The van der Waals surface area contributed by atoms with Gasteiger partial charge in [0, 0.05) is 28.8 Å². The number of aromatic nitrogens is 2. The Labute approximate surface area is 179 Å². The Morgan fingerprint density at radius 2 is 2.03 bits per heavy atom. The number of hydrogen-bond acceptors (Lipinski definition) is 6. The average Bonchev–Trinajstić information content (AvgIpc) is 3.21. The van der Waals surface area contributed by atoms with Crippen molar-refractivity contribution in [2.24, 2.45) is 0 Å². The van der Waals surface area contributed by atoms with Crippen molar-refractivity contribution >= 4 is 34.1 Å². The molecule has 0 aliphatic rings. The maximum Gasteiger partial charge on any atom is 0.226 e. The van der Waals surface area contributed by atoms with Gasteiger partial charge < -0.3 is 5.32 Å². The Balaban J connectivity index is 1.53. The fourth-order valence-electron chi connectivity index (χ4n) is 2.67. The van der Waals surface area contributed by atoms with Crippen LogP contribution in [0.2, 0.25) is 0 Å². The Hall–Kier alpha value is -2.69. The van der Waals surface area contributed by atoms with E-state index in [1.54, 1.807) is 0 Å². The van der Waals surface area contributed by atoms with Gasteiger partial charge in [-0.15, -0.1) is 23.1 Å². The van der Waals surface area contributed by atoms with Crippen LogP contribution >= 0.6 is 23.1 Å². The summed E-state index contributed by atoms with van der Waals surface area (Å²) in [5, 5.41) is 15.4. The number of aryl methyl sites for hydroxylation is 1. The summed E-state index contributed by atoms with van der Waals surface area (Å²) >= 11 is 2.86. The molecule has 0 radical (unpaired) electrons. The lowest BCUT2D eigenvalue weighted by Crippen LogP contribution is -2.12. The van der Waals surface area contributed by atoms with Crippen molar-refractivity contribution in [1.82, 2.24) is 9.97 Å². The first-order valence-corrected chi connectivity index (χ1v) is 11.4. The average molecular weight is 423 g/mol. The monoisotopic (exact) mass is 422 g/mol. The van der Waals surface area contributed by atoms with Crippen LogP contribution in [0.5, 0.6) is 0 Å². The third-order valence-corrected chi connectivity index (χ3v) is 5.96. The molecule has 2 heterocycles. The molecule has 0 saturated carbocycles. The first kappa shape index (κ1) is 21.0. The highest BCUT2D eigenvalue weighted by Gasteiger charge is 2.10. The number of rotatable bonds is 9. The van der Waals surface area contributed by atoms with Crippen LogP contribution in [-0.4, -0.2) is 21.6 Å². The number of carbonyl (C=O) groups is 1. The zero-order valence-corrected chi connectivity index (χ0v) is 17.9. The van der Waals surface area contributed by atoms with Gasteiger partial charge in [-0.3, -0.25) is 4.79 Å². The lowest BCUT2D eigenvalue weighted by molar-refractivity contribution is -0.115. The minimum atomic E-state index is -0.0906. The van der Waals surface area contributed by atoms with Crippen LogP contribution in [0.1, 0.15) is 37.4 Å². The number of amides is 1. The number of nitriles is 1. The quantitative estimate of drug-likeness (QED) is 0.458. The van der Waals surface area contributed by atoms with Gasteiger partial charge in [-0.05, 0) is 25.0 Å². The molecule has 2 aromatic heterocycles. The predicted octanol–water partition coefficient (Wildman–Crippen LogP) is 5.54. The Morgan fingerprint density at radius 1 is 1.21 bits per heavy atom. The Morgan fingerprint density at radius 3 is 2.79 bits per heavy atom. The lowest BCUT2D eigenvalue weighted by Gasteiger charge is -2.06. The molecule has 0 spiro atoms. The van der Waals surface area contributed by atoms with E-state index in [0.717, 1.165) is 36.2 Å². The molecule has 3 aromatic rings. The number of nitrogens with zero attached hydrogens (tertiary/aromatic N) is 3. The zero-order valence-electron chi connectivity index (χ0n) is 16.2. The van der Waals surface area contributed by atoms with Crippen LogP contribution in [0.25, 0.3) is 11.3 Å². The molecule has 5 nitrogen and oxygen atoms in total. The Kier molecular flexibility index (Phi) is 7.79. The number of thiazole rings is 1. The fourth-order valence-corrected chi connectivity index (χ4v) is 4.33. The molecule has 3 rings (SSSR count). The van der Waals surface area contributed by atoms with Gasteiger partial charge in [-0.2, -0.15) is 5.26 Å². The third-order valence-electron chi connectivity index (χ3n) is 4.21. The van der Waals surface area contributed by atoms with E-state index in [1.807, 2.05) is 47.8 Å². The third kappa shape index (κ3) is 6.14. The highest BCUT2D eigenvalue weighted by atomic mass is 32.2. The molecule has 148 valence electrons. The molecule has 0 aliphatic heterocycles. The van der Waals surface area contributed by atoms with E-state index in [-0.39, 0.29) is 5.91 Å². The Bertz CT molecular complexity index is 996. The molecule has 1 N–H and O–H groups in total. The fraction of sp³-hybridized carbons (Fsp3) is 0.273. The number of unbranched alkanes of at least 4 members (excludes halogenated alkanes) is 1. The van der Waals surface area contributed by atoms with Crippen molar-refractivity contribution in [3.05, 3.63) is 59.1 Å². The summed E-state index contributed by atoms with van der Waals surface area (Å²) in [7, 11) is 0. The van der Waals surface area contributed by atoms with Crippen molar-refractivity contribution in [3.8, 4) is 17.3 Å². The summed E-state index contributed by atoms with van der Waals surface area (Å²) in [6, 6.07) is 15.8. The summed E-state index contributed by atoms with van der Waals surface area (Å²) in [5.74, 6) is 0.467. The number of thioether (sulfide) groups is 1. The van der Waals surface area contributed by atoms with Crippen molar-refractivity contribution in [1.29, 1.82) is 5.26 Å². The number of hydrogen-bond donors (Lipinski definition) is 1. The molecule has 1 aromatic carbocycles. The maximum atomic E-state index is 12.3. The van der Waals surface area contributed by atoms with E-state index >= 15 is 0 Å². The van der Waals surface area contributed by atoms with Gasteiger partial charge >= 0.3 is 0 Å². The molecule has 0 bridgehead atoms. The van der Waals surface area contributed by atoms with Crippen molar-refractivity contribution < 1.29 is 4.79 Å². The van der Waals surface area contributed by atoms with Crippen molar-refractivity contribution in [2.75, 3.05) is 11.1 Å².